The van der Waals surface area contributed by atoms with Gasteiger partial charge in [0.05, 0.1) is 0 Å². The van der Waals surface area contributed by atoms with Gasteiger partial charge in [0, 0.05) is 20.5 Å². The van der Waals surface area contributed by atoms with Crippen LogP contribution in [0.15, 0.2) is 69.9 Å². The van der Waals surface area contributed by atoms with Crippen molar-refractivity contribution >= 4 is 43.6 Å². The number of hydrogen-bond acceptors (Lipinski definition) is 1. The molecule has 0 aromatic heterocycles. The van der Waals surface area contributed by atoms with Crippen LogP contribution in [0, 0.1) is 0 Å². The Labute approximate surface area is 130 Å². The molecule has 4 aromatic rings. The van der Waals surface area contributed by atoms with Crippen molar-refractivity contribution in [3.63, 3.8) is 0 Å². The van der Waals surface area contributed by atoms with Crippen molar-refractivity contribution in [2.45, 2.75) is 0 Å². The van der Waals surface area contributed by atoms with Crippen LogP contribution in [0.4, 0.5) is 0 Å². The standard InChI is InChI=1S/C19H11BrO/c20-14-9-7-12(8-10-14)11-17-15-5-1-3-13-4-2-6-16(18(13)15)19(17)21/h1-11H. The molecule has 4 rings (SSSR count). The van der Waals surface area contributed by atoms with Crippen molar-refractivity contribution in [2.75, 3.05) is 0 Å². The second kappa shape index (κ2) is 4.68. The number of halogens is 1. The summed E-state index contributed by atoms with van der Waals surface area (Å²) in [5, 5.41) is 4.83. The van der Waals surface area contributed by atoms with Gasteiger partial charge in [0.25, 0.3) is 0 Å². The Morgan fingerprint density at radius 1 is 0.810 bits per heavy atom. The van der Waals surface area contributed by atoms with E-state index in [4.69, 9.17) is 0 Å². The fourth-order valence-corrected chi connectivity index (χ4v) is 3.16. The predicted molar refractivity (Wildman–Crippen MR) is 91.8 cm³/mol. The summed E-state index contributed by atoms with van der Waals surface area (Å²) in [5.41, 5.74) is 1.15. The summed E-state index contributed by atoms with van der Waals surface area (Å²) in [7, 11) is 0. The molecule has 0 aliphatic heterocycles. The van der Waals surface area contributed by atoms with E-state index in [2.05, 4.69) is 28.1 Å². The molecule has 0 fully saturated rings. The Morgan fingerprint density at radius 2 is 1.48 bits per heavy atom. The minimum atomic E-state index is 0.115. The van der Waals surface area contributed by atoms with Gasteiger partial charge in [-0.05, 0) is 34.5 Å². The molecule has 100 valence electrons. The lowest BCUT2D eigenvalue weighted by molar-refractivity contribution is 1.59. The van der Waals surface area contributed by atoms with Crippen LogP contribution in [0.2, 0.25) is 0 Å². The molecular weight excluding hydrogens is 324 g/mol. The zero-order valence-corrected chi connectivity index (χ0v) is 12.7. The topological polar surface area (TPSA) is 17.1 Å². The molecule has 0 amide bonds. The van der Waals surface area contributed by atoms with Gasteiger partial charge in [-0.1, -0.05) is 64.5 Å². The van der Waals surface area contributed by atoms with E-state index in [9.17, 15) is 4.79 Å². The van der Waals surface area contributed by atoms with Crippen LogP contribution in [-0.2, 0) is 0 Å². The second-order valence-electron chi connectivity index (χ2n) is 5.15. The maximum atomic E-state index is 12.7. The average molecular weight is 335 g/mol. The zero-order chi connectivity index (χ0) is 14.4. The average Bonchev–Trinajstić information content (AvgIpc) is 2.78. The molecule has 0 unspecified atom stereocenters. The molecule has 0 saturated carbocycles. The van der Waals surface area contributed by atoms with Crippen LogP contribution in [0.3, 0.4) is 0 Å². The van der Waals surface area contributed by atoms with Gasteiger partial charge in [-0.25, -0.2) is 0 Å². The molecule has 21 heavy (non-hydrogen) atoms. The minimum absolute atomic E-state index is 0.115. The van der Waals surface area contributed by atoms with Crippen LogP contribution < -0.4 is 10.6 Å². The van der Waals surface area contributed by atoms with Crippen LogP contribution in [-0.4, -0.2) is 0 Å². The fourth-order valence-electron chi connectivity index (χ4n) is 2.89. The second-order valence-corrected chi connectivity index (χ2v) is 6.06. The molecule has 0 bridgehead atoms. The van der Waals surface area contributed by atoms with Crippen LogP contribution in [0.1, 0.15) is 5.56 Å². The van der Waals surface area contributed by atoms with E-state index in [1.54, 1.807) is 0 Å². The normalized spacial score (nSPS) is 12.5. The maximum Gasteiger partial charge on any atom is 0.194 e. The highest BCUT2D eigenvalue weighted by molar-refractivity contribution is 9.10. The summed E-state index contributed by atoms with van der Waals surface area (Å²) in [5.74, 6) is 0. The predicted octanol–water partition coefficient (Wildman–Crippen LogP) is 4.10. The molecule has 1 nitrogen and oxygen atoms in total. The SMILES string of the molecule is O=c1c(=Cc2ccc(Br)cc2)c2cccc3cccc1c32. The smallest absolute Gasteiger partial charge is 0.194 e. The summed E-state index contributed by atoms with van der Waals surface area (Å²) >= 11 is 3.43. The van der Waals surface area contributed by atoms with E-state index in [1.807, 2.05) is 54.6 Å². The molecule has 0 heterocycles. The van der Waals surface area contributed by atoms with E-state index in [-0.39, 0.29) is 5.43 Å². The lowest BCUT2D eigenvalue weighted by Crippen LogP contribution is -2.19. The first-order valence-corrected chi connectivity index (χ1v) is 7.57. The molecule has 0 N–H and O–H groups in total. The molecule has 4 aromatic carbocycles. The minimum Gasteiger partial charge on any atom is -0.289 e. The third-order valence-corrected chi connectivity index (χ3v) is 4.39. The lowest BCUT2D eigenvalue weighted by atomic mass is 10.1. The third kappa shape index (κ3) is 1.95. The Kier molecular flexibility index (Phi) is 2.79. The van der Waals surface area contributed by atoms with E-state index < -0.39 is 0 Å². The first-order chi connectivity index (χ1) is 10.2. The highest BCUT2D eigenvalue weighted by Crippen LogP contribution is 2.22. The number of benzene rings is 3. The molecule has 0 aliphatic carbocycles. The quantitative estimate of drug-likeness (QED) is 0.512. The molecule has 0 saturated heterocycles. The van der Waals surface area contributed by atoms with Gasteiger partial charge in [0.2, 0.25) is 0 Å². The van der Waals surface area contributed by atoms with E-state index in [1.165, 1.54) is 0 Å². The van der Waals surface area contributed by atoms with Gasteiger partial charge < -0.3 is 0 Å². The van der Waals surface area contributed by atoms with E-state index in [0.717, 1.165) is 36.8 Å². The summed E-state index contributed by atoms with van der Waals surface area (Å²) in [6.07, 6.45) is 1.98. The first-order valence-electron chi connectivity index (χ1n) is 6.78. The molecule has 0 spiro atoms. The Bertz CT molecular complexity index is 1040. The van der Waals surface area contributed by atoms with Gasteiger partial charge in [-0.2, -0.15) is 0 Å². The van der Waals surface area contributed by atoms with Gasteiger partial charge in [-0.3, -0.25) is 4.79 Å². The largest absolute Gasteiger partial charge is 0.289 e. The van der Waals surface area contributed by atoms with Crippen molar-refractivity contribution in [1.82, 2.24) is 0 Å². The lowest BCUT2D eigenvalue weighted by Gasteiger charge is -1.96. The third-order valence-electron chi connectivity index (χ3n) is 3.87. The molecule has 0 atom stereocenters. The van der Waals surface area contributed by atoms with Crippen LogP contribution in [0.5, 0.6) is 0 Å². The zero-order valence-electron chi connectivity index (χ0n) is 11.1. The van der Waals surface area contributed by atoms with Crippen molar-refractivity contribution in [3.05, 3.63) is 86.1 Å². The number of hydrogen-bond donors (Lipinski definition) is 0. The van der Waals surface area contributed by atoms with Crippen LogP contribution in [0.25, 0.3) is 27.6 Å². The first kappa shape index (κ1) is 12.5. The summed E-state index contributed by atoms with van der Waals surface area (Å²) in [4.78, 5) is 12.7. The Balaban J connectivity index is 2.14. The molecule has 2 heteroatoms. The van der Waals surface area contributed by atoms with Gasteiger partial charge in [-0.15, -0.1) is 0 Å². The van der Waals surface area contributed by atoms with Crippen molar-refractivity contribution in [3.8, 4) is 0 Å². The van der Waals surface area contributed by atoms with Gasteiger partial charge >= 0.3 is 0 Å². The molecule has 0 radical (unpaired) electrons. The summed E-state index contributed by atoms with van der Waals surface area (Å²) in [6, 6.07) is 20.0. The molecule has 0 aliphatic rings. The summed E-state index contributed by atoms with van der Waals surface area (Å²) in [6.45, 7) is 0. The van der Waals surface area contributed by atoms with Crippen molar-refractivity contribution < 1.29 is 0 Å². The monoisotopic (exact) mass is 334 g/mol. The fraction of sp³-hybridized carbons (Fsp3) is 0. The Hall–Kier alpha value is -2.19. The highest BCUT2D eigenvalue weighted by Gasteiger charge is 2.10. The van der Waals surface area contributed by atoms with E-state index in [0.29, 0.717) is 0 Å². The van der Waals surface area contributed by atoms with E-state index >= 15 is 0 Å². The maximum absolute atomic E-state index is 12.7. The van der Waals surface area contributed by atoms with Crippen LogP contribution >= 0.6 is 15.9 Å². The molecular formula is C19H11BrO. The van der Waals surface area contributed by atoms with Gasteiger partial charge in [0.15, 0.2) is 5.43 Å². The van der Waals surface area contributed by atoms with Crippen molar-refractivity contribution in [1.29, 1.82) is 0 Å². The summed E-state index contributed by atoms with van der Waals surface area (Å²) < 4.78 is 1.03. The Morgan fingerprint density at radius 3 is 2.19 bits per heavy atom. The highest BCUT2D eigenvalue weighted by atomic mass is 79.9. The van der Waals surface area contributed by atoms with Crippen molar-refractivity contribution in [2.24, 2.45) is 0 Å². The van der Waals surface area contributed by atoms with Gasteiger partial charge in [0.1, 0.15) is 0 Å². The number of rotatable bonds is 1.